The zero-order valence-electron chi connectivity index (χ0n) is 20.1. The molecule has 1 fully saturated rings. The van der Waals surface area contributed by atoms with Crippen LogP contribution < -0.4 is 15.5 Å². The molecule has 4 aromatic heterocycles. The summed E-state index contributed by atoms with van der Waals surface area (Å²) in [5.41, 5.74) is 0.964. The average molecular weight is 508 g/mol. The maximum absolute atomic E-state index is 13.2. The number of alkyl halides is 3. The van der Waals surface area contributed by atoms with Crippen LogP contribution in [0.4, 0.5) is 24.9 Å². The van der Waals surface area contributed by atoms with Crippen LogP contribution in [0.5, 0.6) is 0 Å². The summed E-state index contributed by atoms with van der Waals surface area (Å²) in [5.74, 6) is 1.14. The summed E-state index contributed by atoms with van der Waals surface area (Å²) >= 11 is 0. The third kappa shape index (κ3) is 5.17. The first kappa shape index (κ1) is 24.5. The van der Waals surface area contributed by atoms with Crippen LogP contribution in [0, 0.1) is 11.3 Å². The monoisotopic (exact) mass is 507 g/mol. The molecule has 1 aliphatic rings. The van der Waals surface area contributed by atoms with E-state index in [0.717, 1.165) is 36.7 Å². The Morgan fingerprint density at radius 2 is 1.89 bits per heavy atom. The predicted molar refractivity (Wildman–Crippen MR) is 133 cm³/mol. The SMILES string of the molecule is C[C@@H]1CN(c2ccc(CNc3ncc(C#N)c(-c4c[nH]c5ncc(C(F)(F)F)cc45)n3)cn2)C[C@H](C)N1. The summed E-state index contributed by atoms with van der Waals surface area (Å²) in [7, 11) is 0. The van der Waals surface area contributed by atoms with Crippen molar-refractivity contribution in [2.75, 3.05) is 23.3 Å². The molecule has 0 bridgehead atoms. The molecule has 0 unspecified atom stereocenters. The number of piperazine rings is 1. The third-order valence-corrected chi connectivity index (χ3v) is 6.16. The van der Waals surface area contributed by atoms with E-state index in [4.69, 9.17) is 0 Å². The topological polar surface area (TPSA) is 118 Å². The van der Waals surface area contributed by atoms with Gasteiger partial charge in [-0.3, -0.25) is 0 Å². The Morgan fingerprint density at radius 1 is 1.11 bits per heavy atom. The van der Waals surface area contributed by atoms with Gasteiger partial charge in [0, 0.05) is 61.3 Å². The highest BCUT2D eigenvalue weighted by molar-refractivity contribution is 5.94. The van der Waals surface area contributed by atoms with E-state index in [0.29, 0.717) is 24.2 Å². The molecule has 12 heteroatoms. The fraction of sp³-hybridized carbons (Fsp3) is 0.320. The van der Waals surface area contributed by atoms with Gasteiger partial charge < -0.3 is 20.5 Å². The van der Waals surface area contributed by atoms with E-state index in [2.05, 4.69) is 54.3 Å². The lowest BCUT2D eigenvalue weighted by Crippen LogP contribution is -2.54. The Kier molecular flexibility index (Phi) is 6.39. The molecule has 0 aromatic carbocycles. The molecule has 3 N–H and O–H groups in total. The number of hydrogen-bond acceptors (Lipinski definition) is 8. The maximum Gasteiger partial charge on any atom is 0.417 e. The summed E-state index contributed by atoms with van der Waals surface area (Å²) in [6, 6.07) is 7.71. The van der Waals surface area contributed by atoms with Gasteiger partial charge in [0.05, 0.1) is 23.0 Å². The summed E-state index contributed by atoms with van der Waals surface area (Å²) in [6.45, 7) is 6.43. The molecule has 0 saturated carbocycles. The van der Waals surface area contributed by atoms with Crippen LogP contribution in [0.15, 0.2) is 43.0 Å². The lowest BCUT2D eigenvalue weighted by atomic mass is 10.1. The van der Waals surface area contributed by atoms with Crippen LogP contribution >= 0.6 is 0 Å². The smallest absolute Gasteiger partial charge is 0.354 e. The van der Waals surface area contributed by atoms with Crippen LogP contribution in [0.1, 0.15) is 30.5 Å². The Labute approximate surface area is 210 Å². The van der Waals surface area contributed by atoms with Gasteiger partial charge in [-0.25, -0.2) is 19.9 Å². The van der Waals surface area contributed by atoms with Crippen LogP contribution in [0.3, 0.4) is 0 Å². The van der Waals surface area contributed by atoms with E-state index in [-0.39, 0.29) is 28.2 Å². The molecule has 37 heavy (non-hydrogen) atoms. The number of aromatic nitrogens is 5. The molecular formula is C25H24F3N9. The Balaban J connectivity index is 1.36. The molecule has 5 rings (SSSR count). The minimum Gasteiger partial charge on any atom is -0.354 e. The minimum absolute atomic E-state index is 0.134. The zero-order chi connectivity index (χ0) is 26.2. The largest absolute Gasteiger partial charge is 0.417 e. The highest BCUT2D eigenvalue weighted by Crippen LogP contribution is 2.34. The number of fused-ring (bicyclic) bond motifs is 1. The second-order valence-electron chi connectivity index (χ2n) is 9.14. The minimum atomic E-state index is -4.54. The summed E-state index contributed by atoms with van der Waals surface area (Å²) in [6.07, 6.45) is 0.846. The van der Waals surface area contributed by atoms with E-state index in [9.17, 15) is 18.4 Å². The molecule has 4 aromatic rings. The molecule has 190 valence electrons. The second-order valence-corrected chi connectivity index (χ2v) is 9.14. The predicted octanol–water partition coefficient (Wildman–Crippen LogP) is 4.10. The number of nitrogens with zero attached hydrogens (tertiary/aromatic N) is 6. The molecule has 2 atom stereocenters. The number of rotatable bonds is 5. The van der Waals surface area contributed by atoms with Crippen LogP contribution in [0.25, 0.3) is 22.3 Å². The van der Waals surface area contributed by atoms with Crippen molar-refractivity contribution in [1.29, 1.82) is 5.26 Å². The molecule has 5 heterocycles. The fourth-order valence-corrected chi connectivity index (χ4v) is 4.51. The van der Waals surface area contributed by atoms with Gasteiger partial charge in [0.2, 0.25) is 5.95 Å². The summed E-state index contributed by atoms with van der Waals surface area (Å²) in [5, 5.41) is 16.4. The molecule has 9 nitrogen and oxygen atoms in total. The highest BCUT2D eigenvalue weighted by Gasteiger charge is 2.31. The molecule has 0 radical (unpaired) electrons. The maximum atomic E-state index is 13.2. The van der Waals surface area contributed by atoms with Gasteiger partial charge in [-0.2, -0.15) is 18.4 Å². The van der Waals surface area contributed by atoms with Crippen LogP contribution in [-0.2, 0) is 12.7 Å². The van der Waals surface area contributed by atoms with E-state index < -0.39 is 11.7 Å². The van der Waals surface area contributed by atoms with E-state index in [1.165, 1.54) is 12.4 Å². The Hall–Kier alpha value is -4.24. The van der Waals surface area contributed by atoms with Crippen LogP contribution in [0.2, 0.25) is 0 Å². The number of aromatic amines is 1. The zero-order valence-corrected chi connectivity index (χ0v) is 20.1. The summed E-state index contributed by atoms with van der Waals surface area (Å²) < 4.78 is 39.7. The molecule has 1 saturated heterocycles. The lowest BCUT2D eigenvalue weighted by molar-refractivity contribution is -0.137. The van der Waals surface area contributed by atoms with Gasteiger partial charge in [0.25, 0.3) is 0 Å². The normalized spacial score (nSPS) is 18.1. The Bertz CT molecular complexity index is 1450. The molecule has 0 spiro atoms. The number of pyridine rings is 2. The van der Waals surface area contributed by atoms with Crippen molar-refractivity contribution < 1.29 is 13.2 Å². The first-order valence-corrected chi connectivity index (χ1v) is 11.7. The van der Waals surface area contributed by atoms with Gasteiger partial charge in [-0.1, -0.05) is 6.07 Å². The number of hydrogen-bond donors (Lipinski definition) is 3. The number of anilines is 2. The van der Waals surface area contributed by atoms with Gasteiger partial charge >= 0.3 is 6.18 Å². The van der Waals surface area contributed by atoms with Crippen molar-refractivity contribution in [3.63, 3.8) is 0 Å². The van der Waals surface area contributed by atoms with Gasteiger partial charge in [0.1, 0.15) is 17.5 Å². The van der Waals surface area contributed by atoms with Crippen molar-refractivity contribution in [2.24, 2.45) is 0 Å². The van der Waals surface area contributed by atoms with Gasteiger partial charge in [0.15, 0.2) is 0 Å². The molecule has 0 aliphatic carbocycles. The van der Waals surface area contributed by atoms with E-state index >= 15 is 0 Å². The summed E-state index contributed by atoms with van der Waals surface area (Å²) in [4.78, 5) is 22.2. The first-order chi connectivity index (χ1) is 17.7. The third-order valence-electron chi connectivity index (χ3n) is 6.16. The quantitative estimate of drug-likeness (QED) is 0.370. The Morgan fingerprint density at radius 3 is 2.57 bits per heavy atom. The van der Waals surface area contributed by atoms with Crippen molar-refractivity contribution in [3.05, 3.63) is 59.7 Å². The van der Waals surface area contributed by atoms with Crippen molar-refractivity contribution in [2.45, 2.75) is 38.7 Å². The number of H-pyrrole nitrogens is 1. The van der Waals surface area contributed by atoms with E-state index in [1.807, 2.05) is 18.2 Å². The number of nitrogens with one attached hydrogen (secondary N) is 3. The first-order valence-electron chi connectivity index (χ1n) is 11.7. The molecule has 0 amide bonds. The van der Waals surface area contributed by atoms with Gasteiger partial charge in [-0.05, 0) is 31.5 Å². The highest BCUT2D eigenvalue weighted by atomic mass is 19.4. The van der Waals surface area contributed by atoms with Crippen LogP contribution in [-0.4, -0.2) is 50.1 Å². The lowest BCUT2D eigenvalue weighted by Gasteiger charge is -2.36. The second kappa shape index (κ2) is 9.67. The molecular weight excluding hydrogens is 483 g/mol. The van der Waals surface area contributed by atoms with Crippen molar-refractivity contribution in [3.8, 4) is 17.3 Å². The van der Waals surface area contributed by atoms with Gasteiger partial charge in [-0.15, -0.1) is 0 Å². The average Bonchev–Trinajstić information content (AvgIpc) is 3.30. The fourth-order valence-electron chi connectivity index (χ4n) is 4.51. The number of halogens is 3. The molecule has 1 aliphatic heterocycles. The standard InChI is InChI=1S/C25H24F3N9/c1-14-12-37(13-15(2)35-14)21-4-3-16(7-30-21)8-33-24-34-9-17(6-29)22(36-24)20-11-32-23-19(20)5-18(10-31-23)25(26,27)28/h3-5,7,9-11,14-15,35H,8,12-13H2,1-2H3,(H,31,32)(H,33,34,36)/t14-,15+. The van der Waals surface area contributed by atoms with E-state index in [1.54, 1.807) is 6.20 Å². The number of nitriles is 1. The van der Waals surface area contributed by atoms with Crippen molar-refractivity contribution >= 4 is 22.8 Å². The van der Waals surface area contributed by atoms with Crippen molar-refractivity contribution in [1.82, 2.24) is 30.2 Å².